The molecule has 108 valence electrons. The first kappa shape index (κ1) is 14.2. The standard InChI is InChI=1S/C20H16O2/c21-18-12-10-15(11-13-18)14-17-8-4-5-9-19(17)20(22)16-6-2-1-3-7-16/h1-12H,13-14H2. The Labute approximate surface area is 129 Å². The fraction of sp³-hybridized carbons (Fsp3) is 0.100. The molecule has 0 fully saturated rings. The number of hydrogen-bond donors (Lipinski definition) is 0. The monoisotopic (exact) mass is 288 g/mol. The molecule has 1 aliphatic carbocycles. The Morgan fingerprint density at radius 3 is 2.36 bits per heavy atom. The van der Waals surface area contributed by atoms with Crippen molar-refractivity contribution in [3.63, 3.8) is 0 Å². The van der Waals surface area contributed by atoms with Crippen molar-refractivity contribution in [2.75, 3.05) is 0 Å². The van der Waals surface area contributed by atoms with Gasteiger partial charge in [-0.15, -0.1) is 0 Å². The lowest BCUT2D eigenvalue weighted by molar-refractivity contribution is -0.113. The van der Waals surface area contributed by atoms with Crippen molar-refractivity contribution in [3.05, 3.63) is 95.1 Å². The molecule has 0 aromatic heterocycles. The Bertz CT molecular complexity index is 767. The molecular weight excluding hydrogens is 272 g/mol. The van der Waals surface area contributed by atoms with Crippen LogP contribution in [0.4, 0.5) is 0 Å². The molecule has 0 saturated heterocycles. The second kappa shape index (κ2) is 6.35. The summed E-state index contributed by atoms with van der Waals surface area (Å²) in [6, 6.07) is 17.0. The van der Waals surface area contributed by atoms with Gasteiger partial charge in [0.2, 0.25) is 0 Å². The number of carbonyl (C=O) groups is 2. The maximum absolute atomic E-state index is 12.7. The largest absolute Gasteiger partial charge is 0.295 e. The molecule has 2 nitrogen and oxygen atoms in total. The van der Waals surface area contributed by atoms with Crippen LogP contribution in [-0.4, -0.2) is 11.6 Å². The molecule has 0 N–H and O–H groups in total. The SMILES string of the molecule is O=C1C=CC(Cc2ccccc2C(=O)c2ccccc2)=CC1. The molecule has 0 spiro atoms. The number of ketones is 2. The lowest BCUT2D eigenvalue weighted by Crippen LogP contribution is -2.07. The lowest BCUT2D eigenvalue weighted by atomic mass is 9.92. The van der Waals surface area contributed by atoms with Gasteiger partial charge in [0.15, 0.2) is 11.6 Å². The number of carbonyl (C=O) groups excluding carboxylic acids is 2. The van der Waals surface area contributed by atoms with E-state index in [1.807, 2.05) is 66.7 Å². The zero-order chi connectivity index (χ0) is 15.4. The van der Waals surface area contributed by atoms with Gasteiger partial charge in [-0.25, -0.2) is 0 Å². The fourth-order valence-electron chi connectivity index (χ4n) is 2.56. The van der Waals surface area contributed by atoms with Crippen LogP contribution in [-0.2, 0) is 11.2 Å². The Kier molecular flexibility index (Phi) is 4.10. The van der Waals surface area contributed by atoms with Gasteiger partial charge in [-0.3, -0.25) is 9.59 Å². The summed E-state index contributed by atoms with van der Waals surface area (Å²) in [5, 5.41) is 0. The summed E-state index contributed by atoms with van der Waals surface area (Å²) in [5.74, 6) is 0.157. The van der Waals surface area contributed by atoms with E-state index in [0.717, 1.165) is 16.7 Å². The van der Waals surface area contributed by atoms with Gasteiger partial charge in [0.25, 0.3) is 0 Å². The molecule has 0 aliphatic heterocycles. The van der Waals surface area contributed by atoms with Crippen molar-refractivity contribution in [1.82, 2.24) is 0 Å². The molecule has 3 rings (SSSR count). The number of allylic oxidation sites excluding steroid dienone is 4. The van der Waals surface area contributed by atoms with Crippen molar-refractivity contribution in [3.8, 4) is 0 Å². The molecular formula is C20H16O2. The van der Waals surface area contributed by atoms with Gasteiger partial charge in [-0.05, 0) is 23.6 Å². The topological polar surface area (TPSA) is 34.1 Å². The molecule has 0 heterocycles. The maximum atomic E-state index is 12.7. The van der Waals surface area contributed by atoms with Crippen LogP contribution in [0.2, 0.25) is 0 Å². The van der Waals surface area contributed by atoms with Gasteiger partial charge < -0.3 is 0 Å². The van der Waals surface area contributed by atoms with E-state index in [1.54, 1.807) is 6.08 Å². The summed E-state index contributed by atoms with van der Waals surface area (Å²) in [6.45, 7) is 0. The summed E-state index contributed by atoms with van der Waals surface area (Å²) in [7, 11) is 0. The van der Waals surface area contributed by atoms with E-state index in [1.165, 1.54) is 0 Å². The summed E-state index contributed by atoms with van der Waals surface area (Å²) >= 11 is 0. The highest BCUT2D eigenvalue weighted by Crippen LogP contribution is 2.20. The summed E-state index contributed by atoms with van der Waals surface area (Å²) in [5.41, 5.74) is 3.48. The van der Waals surface area contributed by atoms with E-state index in [0.29, 0.717) is 18.4 Å². The maximum Gasteiger partial charge on any atom is 0.193 e. The summed E-state index contributed by atoms with van der Waals surface area (Å²) in [6.07, 6.45) is 6.50. The number of rotatable bonds is 4. The molecule has 1 aliphatic rings. The van der Waals surface area contributed by atoms with Crippen molar-refractivity contribution < 1.29 is 9.59 Å². The smallest absolute Gasteiger partial charge is 0.193 e. The average molecular weight is 288 g/mol. The van der Waals surface area contributed by atoms with Crippen LogP contribution in [0.1, 0.15) is 27.9 Å². The van der Waals surface area contributed by atoms with Crippen LogP contribution < -0.4 is 0 Å². The quantitative estimate of drug-likeness (QED) is 0.799. The first-order valence-corrected chi connectivity index (χ1v) is 7.31. The van der Waals surface area contributed by atoms with E-state index in [2.05, 4.69) is 0 Å². The number of benzene rings is 2. The Balaban J connectivity index is 1.89. The summed E-state index contributed by atoms with van der Waals surface area (Å²) < 4.78 is 0. The van der Waals surface area contributed by atoms with E-state index < -0.39 is 0 Å². The highest BCUT2D eigenvalue weighted by Gasteiger charge is 2.14. The molecule has 0 bridgehead atoms. The second-order valence-corrected chi connectivity index (χ2v) is 5.31. The molecule has 2 heteroatoms. The normalized spacial score (nSPS) is 13.8. The zero-order valence-corrected chi connectivity index (χ0v) is 12.2. The molecule has 0 saturated carbocycles. The zero-order valence-electron chi connectivity index (χ0n) is 12.2. The minimum Gasteiger partial charge on any atom is -0.295 e. The molecule has 2 aromatic rings. The van der Waals surface area contributed by atoms with Crippen LogP contribution in [0.15, 0.2) is 78.4 Å². The highest BCUT2D eigenvalue weighted by atomic mass is 16.1. The van der Waals surface area contributed by atoms with Crippen LogP contribution in [0.5, 0.6) is 0 Å². The van der Waals surface area contributed by atoms with Gasteiger partial charge in [0, 0.05) is 17.5 Å². The van der Waals surface area contributed by atoms with Crippen LogP contribution >= 0.6 is 0 Å². The van der Waals surface area contributed by atoms with Crippen LogP contribution in [0, 0.1) is 0 Å². The predicted molar refractivity (Wildman–Crippen MR) is 86.9 cm³/mol. The van der Waals surface area contributed by atoms with Crippen LogP contribution in [0.3, 0.4) is 0 Å². The fourth-order valence-corrected chi connectivity index (χ4v) is 2.56. The van der Waals surface area contributed by atoms with E-state index >= 15 is 0 Å². The summed E-state index contributed by atoms with van der Waals surface area (Å²) in [4.78, 5) is 23.9. The third-order valence-corrected chi connectivity index (χ3v) is 3.74. The lowest BCUT2D eigenvalue weighted by Gasteiger charge is -2.11. The van der Waals surface area contributed by atoms with E-state index in [9.17, 15) is 9.59 Å². The highest BCUT2D eigenvalue weighted by molar-refractivity contribution is 6.10. The van der Waals surface area contributed by atoms with Crippen molar-refractivity contribution in [2.45, 2.75) is 12.8 Å². The minimum absolute atomic E-state index is 0.0349. The Morgan fingerprint density at radius 1 is 0.909 bits per heavy atom. The van der Waals surface area contributed by atoms with Crippen molar-refractivity contribution in [1.29, 1.82) is 0 Å². The molecule has 0 unspecified atom stereocenters. The van der Waals surface area contributed by atoms with Gasteiger partial charge in [-0.2, -0.15) is 0 Å². The van der Waals surface area contributed by atoms with Crippen molar-refractivity contribution >= 4 is 11.6 Å². The van der Waals surface area contributed by atoms with Gasteiger partial charge >= 0.3 is 0 Å². The Morgan fingerprint density at radius 2 is 1.64 bits per heavy atom. The molecule has 2 aromatic carbocycles. The van der Waals surface area contributed by atoms with Crippen molar-refractivity contribution in [2.24, 2.45) is 0 Å². The molecule has 22 heavy (non-hydrogen) atoms. The molecule has 0 amide bonds. The third kappa shape index (κ3) is 3.12. The van der Waals surface area contributed by atoms with Gasteiger partial charge in [-0.1, -0.05) is 66.7 Å². The molecule has 0 atom stereocenters. The van der Waals surface area contributed by atoms with Gasteiger partial charge in [0.05, 0.1) is 0 Å². The Hall–Kier alpha value is -2.74. The average Bonchev–Trinajstić information content (AvgIpc) is 2.58. The minimum atomic E-state index is 0.0349. The second-order valence-electron chi connectivity index (χ2n) is 5.31. The van der Waals surface area contributed by atoms with Crippen LogP contribution in [0.25, 0.3) is 0 Å². The van der Waals surface area contributed by atoms with E-state index in [-0.39, 0.29) is 11.6 Å². The predicted octanol–water partition coefficient (Wildman–Crippen LogP) is 3.92. The first-order chi connectivity index (χ1) is 10.7. The van der Waals surface area contributed by atoms with Gasteiger partial charge in [0.1, 0.15) is 0 Å². The van der Waals surface area contributed by atoms with E-state index in [4.69, 9.17) is 0 Å². The third-order valence-electron chi connectivity index (χ3n) is 3.74. The number of hydrogen-bond acceptors (Lipinski definition) is 2. The molecule has 0 radical (unpaired) electrons. The first-order valence-electron chi connectivity index (χ1n) is 7.31.